The molecule has 2 atom stereocenters. The maximum absolute atomic E-state index is 12.2. The summed E-state index contributed by atoms with van der Waals surface area (Å²) in [6.07, 6.45) is -1.11. The minimum atomic E-state index is -1.11. The SMILES string of the molecule is COc1ccc([C@H]2Sc3cc(C)ccc3NC(=O)[C@@H]2O)cc1. The molecule has 0 bridgehead atoms. The van der Waals surface area contributed by atoms with Crippen molar-refractivity contribution in [2.45, 2.75) is 23.2 Å². The quantitative estimate of drug-likeness (QED) is 0.894. The van der Waals surface area contributed by atoms with Gasteiger partial charge in [-0.15, -0.1) is 11.8 Å². The molecular formula is C17H17NO3S. The fourth-order valence-electron chi connectivity index (χ4n) is 2.42. The Morgan fingerprint density at radius 2 is 1.91 bits per heavy atom. The number of methoxy groups -OCH3 is 1. The minimum absolute atomic E-state index is 0.353. The molecule has 5 heteroatoms. The second-order valence-corrected chi connectivity index (χ2v) is 6.43. The van der Waals surface area contributed by atoms with Crippen molar-refractivity contribution in [3.8, 4) is 5.75 Å². The highest BCUT2D eigenvalue weighted by atomic mass is 32.2. The first-order chi connectivity index (χ1) is 10.6. The molecular weight excluding hydrogens is 298 g/mol. The van der Waals surface area contributed by atoms with Gasteiger partial charge in [0.2, 0.25) is 0 Å². The van der Waals surface area contributed by atoms with Crippen molar-refractivity contribution in [2.24, 2.45) is 0 Å². The van der Waals surface area contributed by atoms with Crippen molar-refractivity contribution in [1.29, 1.82) is 0 Å². The third kappa shape index (κ3) is 2.82. The van der Waals surface area contributed by atoms with Crippen LogP contribution in [0.3, 0.4) is 0 Å². The predicted octanol–water partition coefficient (Wildman–Crippen LogP) is 3.15. The second-order valence-electron chi connectivity index (χ2n) is 5.25. The molecule has 1 aliphatic heterocycles. The molecule has 22 heavy (non-hydrogen) atoms. The van der Waals surface area contributed by atoms with Crippen molar-refractivity contribution in [3.05, 3.63) is 53.6 Å². The normalized spacial score (nSPS) is 20.8. The van der Waals surface area contributed by atoms with Crippen molar-refractivity contribution >= 4 is 23.4 Å². The van der Waals surface area contributed by atoms with Gasteiger partial charge in [-0.1, -0.05) is 18.2 Å². The number of ether oxygens (including phenoxy) is 1. The summed E-state index contributed by atoms with van der Waals surface area (Å²) >= 11 is 1.50. The van der Waals surface area contributed by atoms with E-state index in [0.29, 0.717) is 0 Å². The van der Waals surface area contributed by atoms with Gasteiger partial charge in [0.1, 0.15) is 11.9 Å². The van der Waals surface area contributed by atoms with Crippen LogP contribution in [0.2, 0.25) is 0 Å². The summed E-state index contributed by atoms with van der Waals surface area (Å²) in [5.41, 5.74) is 2.75. The first-order valence-corrected chi connectivity index (χ1v) is 7.86. The third-order valence-corrected chi connectivity index (χ3v) is 5.02. The smallest absolute Gasteiger partial charge is 0.254 e. The van der Waals surface area contributed by atoms with Gasteiger partial charge in [0.15, 0.2) is 0 Å². The lowest BCUT2D eigenvalue weighted by atomic mass is 10.1. The lowest BCUT2D eigenvalue weighted by Crippen LogP contribution is -2.30. The van der Waals surface area contributed by atoms with Gasteiger partial charge >= 0.3 is 0 Å². The van der Waals surface area contributed by atoms with Gasteiger partial charge in [0.25, 0.3) is 5.91 Å². The Bertz CT molecular complexity index is 700. The van der Waals surface area contributed by atoms with Gasteiger partial charge in [-0.25, -0.2) is 0 Å². The first kappa shape index (κ1) is 14.9. The molecule has 3 rings (SSSR count). The molecule has 0 saturated carbocycles. The Balaban J connectivity index is 2.00. The number of nitrogens with one attached hydrogen (secondary N) is 1. The monoisotopic (exact) mass is 315 g/mol. The third-order valence-electron chi connectivity index (χ3n) is 3.65. The number of benzene rings is 2. The minimum Gasteiger partial charge on any atom is -0.497 e. The standard InChI is InChI=1S/C17H17NO3S/c1-10-3-8-13-14(9-10)22-16(15(19)17(20)18-13)11-4-6-12(21-2)7-5-11/h3-9,15-16,19H,1-2H3,(H,18,20)/t15-,16-/m1/s1. The average molecular weight is 315 g/mol. The van der Waals surface area contributed by atoms with E-state index in [-0.39, 0.29) is 11.2 Å². The lowest BCUT2D eigenvalue weighted by Gasteiger charge is -2.19. The van der Waals surface area contributed by atoms with Crippen molar-refractivity contribution < 1.29 is 14.6 Å². The molecule has 1 amide bonds. The number of thioether (sulfide) groups is 1. The summed E-state index contributed by atoms with van der Waals surface area (Å²) in [7, 11) is 1.61. The van der Waals surface area contributed by atoms with Crippen LogP contribution in [0.4, 0.5) is 5.69 Å². The fraction of sp³-hybridized carbons (Fsp3) is 0.235. The van der Waals surface area contributed by atoms with E-state index < -0.39 is 6.10 Å². The number of aliphatic hydroxyl groups is 1. The number of aryl methyl sites for hydroxylation is 1. The molecule has 114 valence electrons. The van der Waals surface area contributed by atoms with Crippen LogP contribution in [0.25, 0.3) is 0 Å². The Kier molecular flexibility index (Phi) is 4.09. The van der Waals surface area contributed by atoms with Crippen molar-refractivity contribution in [2.75, 3.05) is 12.4 Å². The lowest BCUT2D eigenvalue weighted by molar-refractivity contribution is -0.124. The van der Waals surface area contributed by atoms with Crippen LogP contribution < -0.4 is 10.1 Å². The molecule has 0 spiro atoms. The number of rotatable bonds is 2. The van der Waals surface area contributed by atoms with Crippen LogP contribution >= 0.6 is 11.8 Å². The number of fused-ring (bicyclic) bond motifs is 1. The summed E-state index contributed by atoms with van der Waals surface area (Å²) in [6, 6.07) is 13.3. The maximum Gasteiger partial charge on any atom is 0.254 e. The van der Waals surface area contributed by atoms with E-state index >= 15 is 0 Å². The van der Waals surface area contributed by atoms with E-state index in [1.807, 2.05) is 49.4 Å². The Hall–Kier alpha value is -1.98. The zero-order valence-electron chi connectivity index (χ0n) is 12.4. The number of carbonyl (C=O) groups is 1. The summed E-state index contributed by atoms with van der Waals surface area (Å²) in [4.78, 5) is 13.1. The number of aliphatic hydroxyl groups excluding tert-OH is 1. The van der Waals surface area contributed by atoms with Crippen molar-refractivity contribution in [1.82, 2.24) is 0 Å². The molecule has 4 nitrogen and oxygen atoms in total. The second kappa shape index (κ2) is 6.02. The number of amides is 1. The highest BCUT2D eigenvalue weighted by Crippen LogP contribution is 2.44. The highest BCUT2D eigenvalue weighted by molar-refractivity contribution is 7.99. The summed E-state index contributed by atoms with van der Waals surface area (Å²) in [6.45, 7) is 2.01. The zero-order chi connectivity index (χ0) is 15.7. The average Bonchev–Trinajstić information content (AvgIpc) is 2.65. The Morgan fingerprint density at radius 1 is 1.18 bits per heavy atom. The van der Waals surface area contributed by atoms with Crippen LogP contribution in [0.15, 0.2) is 47.4 Å². The summed E-state index contributed by atoms with van der Waals surface area (Å²) in [5, 5.41) is 12.8. The predicted molar refractivity (Wildman–Crippen MR) is 87.4 cm³/mol. The molecule has 0 saturated heterocycles. The van der Waals surface area contributed by atoms with E-state index in [0.717, 1.165) is 27.5 Å². The molecule has 2 aromatic carbocycles. The van der Waals surface area contributed by atoms with Crippen LogP contribution in [-0.4, -0.2) is 24.2 Å². The van der Waals surface area contributed by atoms with Gasteiger partial charge < -0.3 is 15.2 Å². The Morgan fingerprint density at radius 3 is 2.59 bits per heavy atom. The number of carbonyl (C=O) groups excluding carboxylic acids is 1. The van der Waals surface area contributed by atoms with Crippen LogP contribution in [-0.2, 0) is 4.79 Å². The molecule has 2 aromatic rings. The van der Waals surface area contributed by atoms with Gasteiger partial charge in [-0.3, -0.25) is 4.79 Å². The van der Waals surface area contributed by atoms with E-state index in [1.165, 1.54) is 11.8 Å². The molecule has 0 radical (unpaired) electrons. The fourth-order valence-corrected chi connectivity index (χ4v) is 3.74. The van der Waals surface area contributed by atoms with Gasteiger partial charge in [0.05, 0.1) is 18.0 Å². The van der Waals surface area contributed by atoms with Crippen LogP contribution in [0.1, 0.15) is 16.4 Å². The first-order valence-electron chi connectivity index (χ1n) is 6.98. The van der Waals surface area contributed by atoms with Gasteiger partial charge in [-0.2, -0.15) is 0 Å². The molecule has 0 aliphatic carbocycles. The van der Waals surface area contributed by atoms with E-state index in [9.17, 15) is 9.90 Å². The summed E-state index contributed by atoms with van der Waals surface area (Å²) in [5.74, 6) is 0.369. The van der Waals surface area contributed by atoms with Gasteiger partial charge in [0, 0.05) is 4.90 Å². The van der Waals surface area contributed by atoms with Crippen LogP contribution in [0, 0.1) is 6.92 Å². The van der Waals surface area contributed by atoms with E-state index in [4.69, 9.17) is 4.74 Å². The molecule has 0 aromatic heterocycles. The van der Waals surface area contributed by atoms with E-state index in [2.05, 4.69) is 5.32 Å². The van der Waals surface area contributed by atoms with E-state index in [1.54, 1.807) is 7.11 Å². The zero-order valence-corrected chi connectivity index (χ0v) is 13.2. The molecule has 2 N–H and O–H groups in total. The maximum atomic E-state index is 12.2. The molecule has 0 unspecified atom stereocenters. The number of hydrogen-bond donors (Lipinski definition) is 2. The van der Waals surface area contributed by atoms with Gasteiger partial charge in [-0.05, 0) is 42.3 Å². The topological polar surface area (TPSA) is 58.6 Å². The number of hydrogen-bond acceptors (Lipinski definition) is 4. The van der Waals surface area contributed by atoms with Crippen LogP contribution in [0.5, 0.6) is 5.75 Å². The number of anilines is 1. The molecule has 0 fully saturated rings. The molecule has 1 aliphatic rings. The summed E-state index contributed by atoms with van der Waals surface area (Å²) < 4.78 is 5.15. The largest absolute Gasteiger partial charge is 0.497 e. The highest BCUT2D eigenvalue weighted by Gasteiger charge is 2.32. The Labute approximate surface area is 133 Å². The molecule has 1 heterocycles. The van der Waals surface area contributed by atoms with Crippen molar-refractivity contribution in [3.63, 3.8) is 0 Å².